The van der Waals surface area contributed by atoms with Crippen molar-refractivity contribution in [2.45, 2.75) is 46.5 Å². The quantitative estimate of drug-likeness (QED) is 0.617. The van der Waals surface area contributed by atoms with Crippen LogP contribution in [0.25, 0.3) is 0 Å². The van der Waals surface area contributed by atoms with Gasteiger partial charge in [-0.05, 0) is 41.5 Å². The van der Waals surface area contributed by atoms with Crippen molar-refractivity contribution in [2.24, 2.45) is 0 Å². The van der Waals surface area contributed by atoms with Crippen molar-refractivity contribution in [1.29, 1.82) is 0 Å². The van der Waals surface area contributed by atoms with Gasteiger partial charge in [0, 0.05) is 6.07 Å². The van der Waals surface area contributed by atoms with Gasteiger partial charge >= 0.3 is 0 Å². The molecule has 0 aliphatic carbocycles. The second-order valence-electron chi connectivity index (χ2n) is 5.83. The lowest BCUT2D eigenvalue weighted by molar-refractivity contribution is 0.565. The zero-order valence-electron chi connectivity index (χ0n) is 13.5. The lowest BCUT2D eigenvalue weighted by atomic mass is 9.99. The summed E-state index contributed by atoms with van der Waals surface area (Å²) in [6.45, 7) is 10.4. The van der Waals surface area contributed by atoms with E-state index in [0.717, 1.165) is 6.07 Å². The number of benzene rings is 2. The first-order valence-corrected chi connectivity index (χ1v) is 7.33. The lowest BCUT2D eigenvalue weighted by Gasteiger charge is -2.07. The molecule has 0 nitrogen and oxygen atoms in total. The van der Waals surface area contributed by atoms with Crippen LogP contribution in [0.3, 0.4) is 0 Å². The maximum atomic E-state index is 12.9. The molecule has 0 N–H and O–H groups in total. The summed E-state index contributed by atoms with van der Waals surface area (Å²) >= 11 is 0. The third-order valence-electron chi connectivity index (χ3n) is 3.39. The van der Waals surface area contributed by atoms with Crippen LogP contribution in [0, 0.1) is 18.6 Å². The molecule has 0 aliphatic rings. The van der Waals surface area contributed by atoms with Crippen molar-refractivity contribution in [3.63, 3.8) is 0 Å². The maximum absolute atomic E-state index is 12.9. The fourth-order valence-electron chi connectivity index (χ4n) is 2.20. The van der Waals surface area contributed by atoms with Gasteiger partial charge in [-0.2, -0.15) is 0 Å². The summed E-state index contributed by atoms with van der Waals surface area (Å²) in [7, 11) is 0. The van der Waals surface area contributed by atoms with Gasteiger partial charge in [0.15, 0.2) is 0 Å². The van der Waals surface area contributed by atoms with Crippen LogP contribution in [0.4, 0.5) is 8.78 Å². The zero-order valence-corrected chi connectivity index (χ0v) is 13.5. The predicted octanol–water partition coefficient (Wildman–Crippen LogP) is 6.21. The van der Waals surface area contributed by atoms with E-state index in [4.69, 9.17) is 0 Å². The normalized spacial score (nSPS) is 10.5. The molecule has 0 heterocycles. The Morgan fingerprint density at radius 1 is 0.762 bits per heavy atom. The van der Waals surface area contributed by atoms with Crippen molar-refractivity contribution in [1.82, 2.24) is 0 Å². The average Bonchev–Trinajstić information content (AvgIpc) is 2.39. The third kappa shape index (κ3) is 5.30. The third-order valence-corrected chi connectivity index (χ3v) is 3.39. The van der Waals surface area contributed by atoms with E-state index in [1.54, 1.807) is 0 Å². The van der Waals surface area contributed by atoms with Gasteiger partial charge in [-0.25, -0.2) is 8.78 Å². The molecule has 0 fully saturated rings. The summed E-state index contributed by atoms with van der Waals surface area (Å²) in [5, 5.41) is 0. The molecule has 0 unspecified atom stereocenters. The second-order valence-corrected chi connectivity index (χ2v) is 5.83. The SMILES string of the molecule is CC(C)c1ccc(F)cc1F.Cc1ccccc1C(C)C. The first-order valence-electron chi connectivity index (χ1n) is 7.33. The van der Waals surface area contributed by atoms with Gasteiger partial charge in [-0.3, -0.25) is 0 Å². The number of rotatable bonds is 2. The Bertz CT molecular complexity index is 572. The molecule has 2 heteroatoms. The van der Waals surface area contributed by atoms with E-state index >= 15 is 0 Å². The summed E-state index contributed by atoms with van der Waals surface area (Å²) in [6, 6.07) is 12.2. The Balaban J connectivity index is 0.000000211. The topological polar surface area (TPSA) is 0 Å². The molecule has 2 rings (SSSR count). The Morgan fingerprint density at radius 3 is 1.76 bits per heavy atom. The first kappa shape index (κ1) is 17.4. The smallest absolute Gasteiger partial charge is 0.129 e. The van der Waals surface area contributed by atoms with Crippen LogP contribution < -0.4 is 0 Å². The Hall–Kier alpha value is -1.70. The fraction of sp³-hybridized carbons (Fsp3) is 0.368. The summed E-state index contributed by atoms with van der Waals surface area (Å²) in [5.41, 5.74) is 3.42. The minimum atomic E-state index is -0.521. The summed E-state index contributed by atoms with van der Waals surface area (Å²) < 4.78 is 25.2. The largest absolute Gasteiger partial charge is 0.207 e. The monoisotopic (exact) mass is 290 g/mol. The molecule has 2 aromatic rings. The van der Waals surface area contributed by atoms with E-state index in [2.05, 4.69) is 45.0 Å². The molecule has 2 aromatic carbocycles. The first-order chi connectivity index (χ1) is 9.82. The van der Waals surface area contributed by atoms with Gasteiger partial charge in [0.1, 0.15) is 11.6 Å². The van der Waals surface area contributed by atoms with Crippen LogP contribution in [-0.4, -0.2) is 0 Å². The van der Waals surface area contributed by atoms with E-state index in [0.29, 0.717) is 11.5 Å². The molecular formula is C19H24F2. The zero-order chi connectivity index (χ0) is 16.0. The van der Waals surface area contributed by atoms with Crippen molar-refractivity contribution in [2.75, 3.05) is 0 Å². The van der Waals surface area contributed by atoms with Crippen LogP contribution in [0.15, 0.2) is 42.5 Å². The minimum Gasteiger partial charge on any atom is -0.207 e. The lowest BCUT2D eigenvalue weighted by Crippen LogP contribution is -1.92. The van der Waals surface area contributed by atoms with E-state index in [1.165, 1.54) is 23.3 Å². The molecule has 0 spiro atoms. The standard InChI is InChI=1S/C10H14.C9H10F2/c1-8(2)10-7-5-4-6-9(10)3;1-6(2)8-4-3-7(10)5-9(8)11/h4-8H,1-3H3;3-6H,1-2H3. The summed E-state index contributed by atoms with van der Waals surface area (Å²) in [5.74, 6) is -0.219. The number of hydrogen-bond donors (Lipinski definition) is 0. The molecule has 114 valence electrons. The van der Waals surface area contributed by atoms with Crippen LogP contribution in [0.5, 0.6) is 0 Å². The van der Waals surface area contributed by atoms with E-state index < -0.39 is 11.6 Å². The highest BCUT2D eigenvalue weighted by molar-refractivity contribution is 5.27. The van der Waals surface area contributed by atoms with Crippen LogP contribution in [-0.2, 0) is 0 Å². The highest BCUT2D eigenvalue weighted by Gasteiger charge is 2.06. The maximum Gasteiger partial charge on any atom is 0.129 e. The van der Waals surface area contributed by atoms with E-state index in [1.807, 2.05) is 13.8 Å². The Kier molecular flexibility index (Phi) is 6.54. The predicted molar refractivity (Wildman–Crippen MR) is 85.7 cm³/mol. The average molecular weight is 290 g/mol. The van der Waals surface area contributed by atoms with Crippen molar-refractivity contribution in [3.8, 4) is 0 Å². The van der Waals surface area contributed by atoms with Gasteiger partial charge in [-0.15, -0.1) is 0 Å². The number of hydrogen-bond acceptors (Lipinski definition) is 0. The molecule has 0 amide bonds. The fourth-order valence-corrected chi connectivity index (χ4v) is 2.20. The molecule has 0 aromatic heterocycles. The van der Waals surface area contributed by atoms with Gasteiger partial charge in [-0.1, -0.05) is 58.0 Å². The van der Waals surface area contributed by atoms with Crippen LogP contribution in [0.1, 0.15) is 56.2 Å². The van der Waals surface area contributed by atoms with E-state index in [9.17, 15) is 8.78 Å². The minimum absolute atomic E-state index is 0.107. The molecule has 0 radical (unpaired) electrons. The van der Waals surface area contributed by atoms with E-state index in [-0.39, 0.29) is 5.92 Å². The van der Waals surface area contributed by atoms with Gasteiger partial charge in [0.25, 0.3) is 0 Å². The highest BCUT2D eigenvalue weighted by atomic mass is 19.1. The van der Waals surface area contributed by atoms with Crippen molar-refractivity contribution >= 4 is 0 Å². The summed E-state index contributed by atoms with van der Waals surface area (Å²) in [4.78, 5) is 0. The second kappa shape index (κ2) is 7.92. The van der Waals surface area contributed by atoms with Gasteiger partial charge in [0.05, 0.1) is 0 Å². The van der Waals surface area contributed by atoms with Crippen molar-refractivity contribution in [3.05, 3.63) is 70.8 Å². The van der Waals surface area contributed by atoms with Crippen molar-refractivity contribution < 1.29 is 8.78 Å². The molecule has 0 saturated carbocycles. The van der Waals surface area contributed by atoms with Gasteiger partial charge in [0.2, 0.25) is 0 Å². The molecule has 0 atom stereocenters. The molecule has 0 saturated heterocycles. The van der Waals surface area contributed by atoms with Crippen LogP contribution in [0.2, 0.25) is 0 Å². The number of halogens is 2. The summed E-state index contributed by atoms with van der Waals surface area (Å²) in [6.07, 6.45) is 0. The molecule has 0 aliphatic heterocycles. The van der Waals surface area contributed by atoms with Crippen LogP contribution >= 0.6 is 0 Å². The number of aryl methyl sites for hydroxylation is 1. The Morgan fingerprint density at radius 2 is 1.33 bits per heavy atom. The van der Waals surface area contributed by atoms with Gasteiger partial charge < -0.3 is 0 Å². The Labute approximate surface area is 126 Å². The molecule has 21 heavy (non-hydrogen) atoms. The molecule has 0 bridgehead atoms. The highest BCUT2D eigenvalue weighted by Crippen LogP contribution is 2.18. The molecular weight excluding hydrogens is 266 g/mol.